The fourth-order valence-electron chi connectivity index (χ4n) is 3.11. The third-order valence-electron chi connectivity index (χ3n) is 4.43. The van der Waals surface area contributed by atoms with E-state index in [4.69, 9.17) is 0 Å². The minimum absolute atomic E-state index is 0.102. The predicted molar refractivity (Wildman–Crippen MR) is 105 cm³/mol. The molecule has 4 rings (SSSR count). The molecule has 134 valence electrons. The second-order valence-corrected chi connectivity index (χ2v) is 6.43. The molecule has 0 aliphatic carbocycles. The monoisotopic (exact) mass is 358 g/mol. The van der Waals surface area contributed by atoms with Gasteiger partial charge in [0.1, 0.15) is 5.56 Å². The van der Waals surface area contributed by atoms with Crippen LogP contribution in [-0.4, -0.2) is 20.7 Å². The van der Waals surface area contributed by atoms with Crippen LogP contribution in [0, 0.1) is 6.92 Å². The molecule has 6 nitrogen and oxygen atoms in total. The van der Waals surface area contributed by atoms with Gasteiger partial charge in [0, 0.05) is 11.6 Å². The van der Waals surface area contributed by atoms with E-state index < -0.39 is 5.91 Å². The number of fused-ring (bicyclic) bond motifs is 1. The zero-order valence-corrected chi connectivity index (χ0v) is 14.8. The molecule has 0 fully saturated rings. The summed E-state index contributed by atoms with van der Waals surface area (Å²) in [5.41, 5.74) is 3.35. The molecule has 2 aromatic carbocycles. The molecule has 0 unspecified atom stereocenters. The van der Waals surface area contributed by atoms with Gasteiger partial charge in [-0.1, -0.05) is 35.9 Å². The summed E-state index contributed by atoms with van der Waals surface area (Å²) in [6, 6.07) is 16.7. The summed E-state index contributed by atoms with van der Waals surface area (Å²) >= 11 is 0. The zero-order valence-electron chi connectivity index (χ0n) is 14.8. The number of rotatable bonds is 4. The maximum atomic E-state index is 12.8. The van der Waals surface area contributed by atoms with Crippen molar-refractivity contribution in [3.63, 3.8) is 0 Å². The summed E-state index contributed by atoms with van der Waals surface area (Å²) in [4.78, 5) is 25.5. The highest BCUT2D eigenvalue weighted by Gasteiger charge is 2.14. The molecule has 0 aliphatic rings. The van der Waals surface area contributed by atoms with E-state index >= 15 is 0 Å². The van der Waals surface area contributed by atoms with Crippen molar-refractivity contribution in [2.24, 2.45) is 0 Å². The van der Waals surface area contributed by atoms with E-state index in [2.05, 4.69) is 15.5 Å². The number of hydrogen-bond acceptors (Lipinski definition) is 3. The molecule has 1 amide bonds. The Labute approximate surface area is 155 Å². The second kappa shape index (κ2) is 6.92. The van der Waals surface area contributed by atoms with Crippen LogP contribution in [0.15, 0.2) is 71.8 Å². The number of hydrogen-bond donors (Lipinski definition) is 2. The highest BCUT2D eigenvalue weighted by Crippen LogP contribution is 2.21. The Kier molecular flexibility index (Phi) is 4.30. The fourth-order valence-corrected chi connectivity index (χ4v) is 3.11. The van der Waals surface area contributed by atoms with Gasteiger partial charge in [0.25, 0.3) is 11.5 Å². The van der Waals surface area contributed by atoms with Crippen molar-refractivity contribution in [2.45, 2.75) is 13.5 Å². The number of aryl methyl sites for hydroxylation is 1. The maximum absolute atomic E-state index is 12.8. The summed E-state index contributed by atoms with van der Waals surface area (Å²) in [6.07, 6.45) is 3.34. The lowest BCUT2D eigenvalue weighted by Gasteiger charge is -2.10. The van der Waals surface area contributed by atoms with Crippen molar-refractivity contribution < 1.29 is 4.79 Å². The SMILES string of the molecule is Cc1cccc(Cn2cccc(C(=O)Nc3cccc4[nH]ncc34)c2=O)c1. The van der Waals surface area contributed by atoms with E-state index in [1.807, 2.05) is 43.3 Å². The molecule has 0 radical (unpaired) electrons. The predicted octanol–water partition coefficient (Wildman–Crippen LogP) is 3.33. The maximum Gasteiger partial charge on any atom is 0.263 e. The van der Waals surface area contributed by atoms with Crippen molar-refractivity contribution in [2.75, 3.05) is 5.32 Å². The van der Waals surface area contributed by atoms with Crippen molar-refractivity contribution >= 4 is 22.5 Å². The third kappa shape index (κ3) is 3.37. The minimum Gasteiger partial charge on any atom is -0.321 e. The first kappa shape index (κ1) is 16.8. The van der Waals surface area contributed by atoms with E-state index in [1.54, 1.807) is 35.2 Å². The Balaban J connectivity index is 1.63. The van der Waals surface area contributed by atoms with Gasteiger partial charge in [-0.25, -0.2) is 0 Å². The Morgan fingerprint density at radius 1 is 1.15 bits per heavy atom. The fraction of sp³-hybridized carbons (Fsp3) is 0.0952. The van der Waals surface area contributed by atoms with Crippen molar-refractivity contribution in [3.05, 3.63) is 94.0 Å². The van der Waals surface area contributed by atoms with Crippen LogP contribution < -0.4 is 10.9 Å². The molecule has 27 heavy (non-hydrogen) atoms. The summed E-state index contributed by atoms with van der Waals surface area (Å²) < 4.78 is 1.54. The average molecular weight is 358 g/mol. The number of aromatic amines is 1. The van der Waals surface area contributed by atoms with E-state index in [0.29, 0.717) is 12.2 Å². The highest BCUT2D eigenvalue weighted by atomic mass is 16.2. The highest BCUT2D eigenvalue weighted by molar-refractivity contribution is 6.08. The van der Waals surface area contributed by atoms with Crippen LogP contribution >= 0.6 is 0 Å². The van der Waals surface area contributed by atoms with Crippen LogP contribution in [0.5, 0.6) is 0 Å². The van der Waals surface area contributed by atoms with Gasteiger partial charge in [-0.2, -0.15) is 5.10 Å². The third-order valence-corrected chi connectivity index (χ3v) is 4.43. The first-order chi connectivity index (χ1) is 13.1. The van der Waals surface area contributed by atoms with E-state index in [9.17, 15) is 9.59 Å². The van der Waals surface area contributed by atoms with Gasteiger partial charge < -0.3 is 9.88 Å². The van der Waals surface area contributed by atoms with Crippen molar-refractivity contribution in [1.29, 1.82) is 0 Å². The summed E-state index contributed by atoms with van der Waals surface area (Å²) in [6.45, 7) is 2.42. The van der Waals surface area contributed by atoms with Gasteiger partial charge in [0.05, 0.1) is 23.9 Å². The number of benzene rings is 2. The Morgan fingerprint density at radius 3 is 2.85 bits per heavy atom. The van der Waals surface area contributed by atoms with Gasteiger partial charge >= 0.3 is 0 Å². The lowest BCUT2D eigenvalue weighted by atomic mass is 10.1. The van der Waals surface area contributed by atoms with Crippen LogP contribution in [0.4, 0.5) is 5.69 Å². The summed E-state index contributed by atoms with van der Waals surface area (Å²) in [5, 5.41) is 10.5. The van der Waals surface area contributed by atoms with Gasteiger partial charge in [0.2, 0.25) is 0 Å². The largest absolute Gasteiger partial charge is 0.321 e. The molecule has 2 heterocycles. The molecule has 2 aromatic heterocycles. The first-order valence-corrected chi connectivity index (χ1v) is 8.60. The number of carbonyl (C=O) groups is 1. The van der Waals surface area contributed by atoms with Crippen LogP contribution in [0.1, 0.15) is 21.5 Å². The number of pyridine rings is 1. The normalized spacial score (nSPS) is 10.9. The topological polar surface area (TPSA) is 79.8 Å². The first-order valence-electron chi connectivity index (χ1n) is 8.60. The number of carbonyl (C=O) groups excluding carboxylic acids is 1. The number of nitrogens with one attached hydrogen (secondary N) is 2. The lowest BCUT2D eigenvalue weighted by Crippen LogP contribution is -2.29. The molecule has 0 saturated carbocycles. The molecular formula is C21H18N4O2. The van der Waals surface area contributed by atoms with Gasteiger partial charge in [-0.3, -0.25) is 14.7 Å². The van der Waals surface area contributed by atoms with Gasteiger partial charge in [-0.05, 0) is 36.8 Å². The lowest BCUT2D eigenvalue weighted by molar-refractivity contribution is 0.102. The molecule has 0 saturated heterocycles. The average Bonchev–Trinajstić information content (AvgIpc) is 3.13. The van der Waals surface area contributed by atoms with Crippen LogP contribution in [0.3, 0.4) is 0 Å². The minimum atomic E-state index is -0.438. The quantitative estimate of drug-likeness (QED) is 0.587. The number of anilines is 1. The molecule has 2 N–H and O–H groups in total. The van der Waals surface area contributed by atoms with E-state index in [0.717, 1.165) is 22.0 Å². The van der Waals surface area contributed by atoms with Crippen LogP contribution in [0.2, 0.25) is 0 Å². The molecule has 4 aromatic rings. The summed E-state index contributed by atoms with van der Waals surface area (Å²) in [5.74, 6) is -0.438. The van der Waals surface area contributed by atoms with Crippen molar-refractivity contribution in [1.82, 2.24) is 14.8 Å². The van der Waals surface area contributed by atoms with E-state index in [1.165, 1.54) is 0 Å². The molecule has 0 spiro atoms. The van der Waals surface area contributed by atoms with Crippen LogP contribution in [0.25, 0.3) is 10.9 Å². The Bertz CT molecular complexity index is 1190. The second-order valence-electron chi connectivity index (χ2n) is 6.43. The molecule has 0 atom stereocenters. The van der Waals surface area contributed by atoms with E-state index in [-0.39, 0.29) is 11.1 Å². The van der Waals surface area contributed by atoms with Crippen molar-refractivity contribution in [3.8, 4) is 0 Å². The summed E-state index contributed by atoms with van der Waals surface area (Å²) in [7, 11) is 0. The van der Waals surface area contributed by atoms with Gasteiger partial charge in [-0.15, -0.1) is 0 Å². The standard InChI is InChI=1S/C21H18N4O2/c1-14-5-2-6-15(11-14)13-25-10-4-7-16(21(25)27)20(26)23-18-8-3-9-19-17(18)12-22-24-19/h2-12H,13H2,1H3,(H,22,24)(H,23,26). The smallest absolute Gasteiger partial charge is 0.263 e. The Hall–Kier alpha value is -3.67. The Morgan fingerprint density at radius 2 is 2.00 bits per heavy atom. The number of aromatic nitrogens is 3. The molecule has 6 heteroatoms. The molecule has 0 bridgehead atoms. The number of H-pyrrole nitrogens is 1. The zero-order chi connectivity index (χ0) is 18.8. The number of amides is 1. The molecular weight excluding hydrogens is 340 g/mol. The molecule has 0 aliphatic heterocycles. The number of nitrogens with zero attached hydrogens (tertiary/aromatic N) is 2. The van der Waals surface area contributed by atoms with Gasteiger partial charge in [0.15, 0.2) is 0 Å². The van der Waals surface area contributed by atoms with Crippen LogP contribution in [-0.2, 0) is 6.54 Å².